The molecule has 4 rings (SSSR count). The Hall–Kier alpha value is -3.76. The van der Waals surface area contributed by atoms with Gasteiger partial charge in [0.15, 0.2) is 0 Å². The van der Waals surface area contributed by atoms with E-state index in [9.17, 15) is 10.1 Å². The fourth-order valence-corrected chi connectivity index (χ4v) is 3.87. The summed E-state index contributed by atoms with van der Waals surface area (Å²) in [5.41, 5.74) is 3.98. The summed E-state index contributed by atoms with van der Waals surface area (Å²) in [5.74, 6) is -0.399. The number of hydrogen-bond donors (Lipinski definition) is 0. The second-order valence-corrected chi connectivity index (χ2v) is 7.35. The van der Waals surface area contributed by atoms with Gasteiger partial charge in [0.2, 0.25) is 0 Å². The van der Waals surface area contributed by atoms with Gasteiger partial charge in [-0.05, 0) is 55.8 Å². The molecule has 0 aliphatic heterocycles. The van der Waals surface area contributed by atoms with Crippen LogP contribution in [0.2, 0.25) is 5.15 Å². The first-order valence-electron chi connectivity index (χ1n) is 10.2. The number of imidazole rings is 1. The number of rotatable bonds is 7. The number of aromatic nitrogens is 3. The summed E-state index contributed by atoms with van der Waals surface area (Å²) >= 11 is 6.25. The van der Waals surface area contributed by atoms with Gasteiger partial charge in [-0.25, -0.2) is 4.79 Å². The molecule has 0 fully saturated rings. The number of benzene rings is 2. The van der Waals surface area contributed by atoms with E-state index < -0.39 is 5.97 Å². The van der Waals surface area contributed by atoms with Gasteiger partial charge in [-0.15, -0.1) is 0 Å². The third-order valence-electron chi connectivity index (χ3n) is 4.98. The predicted octanol–water partition coefficient (Wildman–Crippen LogP) is 4.98. The van der Waals surface area contributed by atoms with Crippen molar-refractivity contribution in [3.63, 3.8) is 0 Å². The molecule has 0 aliphatic carbocycles. The number of carbonyl (C=O) groups is 1. The highest BCUT2D eigenvalue weighted by molar-refractivity contribution is 6.30. The Morgan fingerprint density at radius 2 is 1.88 bits per heavy atom. The van der Waals surface area contributed by atoms with Gasteiger partial charge in [0.05, 0.1) is 36.4 Å². The maximum absolute atomic E-state index is 12.6. The van der Waals surface area contributed by atoms with E-state index >= 15 is 0 Å². The molecule has 0 N–H and O–H groups in total. The Bertz CT molecular complexity index is 1320. The molecule has 2 aromatic carbocycles. The van der Waals surface area contributed by atoms with Crippen LogP contribution in [-0.2, 0) is 11.3 Å². The number of nitrogens with zero attached hydrogens (tertiary/aromatic N) is 4. The molecular weight excluding hydrogens is 428 g/mol. The van der Waals surface area contributed by atoms with E-state index in [-0.39, 0.29) is 6.61 Å². The molecule has 0 bridgehead atoms. The first-order valence-corrected chi connectivity index (χ1v) is 10.6. The minimum atomic E-state index is -0.399. The third kappa shape index (κ3) is 3.93. The monoisotopic (exact) mass is 448 g/mol. The molecule has 0 saturated heterocycles. The van der Waals surface area contributed by atoms with Crippen LogP contribution >= 0.6 is 11.6 Å². The van der Waals surface area contributed by atoms with Crippen LogP contribution < -0.4 is 4.74 Å². The Labute approximate surface area is 190 Å². The number of halogens is 1. The van der Waals surface area contributed by atoms with Gasteiger partial charge < -0.3 is 9.47 Å². The van der Waals surface area contributed by atoms with Crippen LogP contribution in [0.1, 0.15) is 35.5 Å². The lowest BCUT2D eigenvalue weighted by Gasteiger charge is -2.12. The molecule has 32 heavy (non-hydrogen) atoms. The van der Waals surface area contributed by atoms with Crippen molar-refractivity contribution in [3.05, 3.63) is 76.6 Å². The second kappa shape index (κ2) is 9.16. The maximum atomic E-state index is 12.6. The summed E-state index contributed by atoms with van der Waals surface area (Å²) < 4.78 is 14.6. The summed E-state index contributed by atoms with van der Waals surface area (Å²) in [5, 5.41) is 9.78. The Morgan fingerprint density at radius 3 is 2.56 bits per heavy atom. The van der Waals surface area contributed by atoms with E-state index in [1.807, 2.05) is 41.8 Å². The number of esters is 1. The first kappa shape index (κ1) is 21.5. The minimum Gasteiger partial charge on any atom is -0.465 e. The van der Waals surface area contributed by atoms with Gasteiger partial charge in [0, 0.05) is 5.69 Å². The third-order valence-corrected chi connectivity index (χ3v) is 5.28. The van der Waals surface area contributed by atoms with Crippen molar-refractivity contribution < 1.29 is 14.3 Å². The minimum absolute atomic E-state index is 0.287. The van der Waals surface area contributed by atoms with E-state index in [4.69, 9.17) is 21.1 Å². The lowest BCUT2D eigenvalue weighted by atomic mass is 10.1. The lowest BCUT2D eigenvalue weighted by Crippen LogP contribution is -2.10. The molecular formula is C24H21ClN4O3. The lowest BCUT2D eigenvalue weighted by molar-refractivity contribution is 0.0528. The van der Waals surface area contributed by atoms with Crippen molar-refractivity contribution in [2.24, 2.45) is 0 Å². The van der Waals surface area contributed by atoms with Gasteiger partial charge in [0.1, 0.15) is 16.9 Å². The highest BCUT2D eigenvalue weighted by Gasteiger charge is 2.20. The predicted molar refractivity (Wildman–Crippen MR) is 121 cm³/mol. The van der Waals surface area contributed by atoms with Crippen LogP contribution in [0.3, 0.4) is 0 Å². The standard InChI is InChI=1S/C24H21ClN4O3/c1-3-31-23(30)19-6-5-7-20-22(19)28(24(27-20)32-4-2)15-16-8-10-17(11-9-16)29-18(14-26)12-13-21(29)25/h5-13H,3-4,15H2,1-2H3. The highest BCUT2D eigenvalue weighted by Crippen LogP contribution is 2.28. The molecule has 0 amide bonds. The van der Waals surface area contributed by atoms with Crippen molar-refractivity contribution in [2.45, 2.75) is 20.4 Å². The molecule has 0 atom stereocenters. The molecule has 0 spiro atoms. The van der Waals surface area contributed by atoms with Crippen molar-refractivity contribution in [2.75, 3.05) is 13.2 Å². The Kier molecular flexibility index (Phi) is 6.15. The quantitative estimate of drug-likeness (QED) is 0.372. The Morgan fingerprint density at radius 1 is 1.09 bits per heavy atom. The molecule has 0 aliphatic rings. The average molecular weight is 449 g/mol. The largest absolute Gasteiger partial charge is 0.465 e. The van der Waals surface area contributed by atoms with Gasteiger partial charge >= 0.3 is 5.97 Å². The fourth-order valence-electron chi connectivity index (χ4n) is 3.62. The molecule has 2 heterocycles. The van der Waals surface area contributed by atoms with Crippen LogP contribution in [0.4, 0.5) is 0 Å². The first-order chi connectivity index (χ1) is 15.6. The second-order valence-electron chi connectivity index (χ2n) is 6.96. The van der Waals surface area contributed by atoms with E-state index in [1.54, 1.807) is 35.8 Å². The molecule has 0 saturated carbocycles. The van der Waals surface area contributed by atoms with Crippen molar-refractivity contribution in [1.82, 2.24) is 14.1 Å². The number of ether oxygens (including phenoxy) is 2. The topological polar surface area (TPSA) is 82.1 Å². The van der Waals surface area contributed by atoms with Crippen LogP contribution in [0.5, 0.6) is 6.01 Å². The van der Waals surface area contributed by atoms with E-state index in [2.05, 4.69) is 11.1 Å². The average Bonchev–Trinajstić information content (AvgIpc) is 3.34. The van der Waals surface area contributed by atoms with Gasteiger partial charge in [-0.2, -0.15) is 10.2 Å². The van der Waals surface area contributed by atoms with Crippen molar-refractivity contribution in [1.29, 1.82) is 5.26 Å². The van der Waals surface area contributed by atoms with E-state index in [0.29, 0.717) is 46.6 Å². The fraction of sp³-hybridized carbons (Fsp3) is 0.208. The molecule has 162 valence electrons. The molecule has 0 unspecified atom stereocenters. The number of fused-ring (bicyclic) bond motifs is 1. The van der Waals surface area contributed by atoms with Crippen LogP contribution in [0, 0.1) is 11.3 Å². The summed E-state index contributed by atoms with van der Waals surface area (Å²) in [6.45, 7) is 4.83. The van der Waals surface area contributed by atoms with Gasteiger partial charge in [-0.3, -0.25) is 9.13 Å². The number of nitriles is 1. The summed E-state index contributed by atoms with van der Waals surface area (Å²) in [7, 11) is 0. The zero-order valence-corrected chi connectivity index (χ0v) is 18.5. The van der Waals surface area contributed by atoms with Crippen molar-refractivity contribution in [3.8, 4) is 17.8 Å². The number of hydrogen-bond acceptors (Lipinski definition) is 5. The van der Waals surface area contributed by atoms with Gasteiger partial charge in [-0.1, -0.05) is 29.8 Å². The smallest absolute Gasteiger partial charge is 0.340 e. The zero-order chi connectivity index (χ0) is 22.7. The number of carbonyl (C=O) groups excluding carboxylic acids is 1. The zero-order valence-electron chi connectivity index (χ0n) is 17.7. The van der Waals surface area contributed by atoms with E-state index in [1.165, 1.54) is 0 Å². The molecule has 7 nitrogen and oxygen atoms in total. The molecule has 0 radical (unpaired) electrons. The summed E-state index contributed by atoms with van der Waals surface area (Å²) in [6, 6.07) is 19.0. The van der Waals surface area contributed by atoms with Crippen LogP contribution in [-0.4, -0.2) is 33.3 Å². The summed E-state index contributed by atoms with van der Waals surface area (Å²) in [4.78, 5) is 17.1. The molecule has 8 heteroatoms. The van der Waals surface area contributed by atoms with Crippen molar-refractivity contribution >= 4 is 28.6 Å². The Balaban J connectivity index is 1.75. The normalized spacial score (nSPS) is 10.8. The maximum Gasteiger partial charge on any atom is 0.340 e. The molecule has 2 aromatic heterocycles. The SMILES string of the molecule is CCOC(=O)c1cccc2nc(OCC)n(Cc3ccc(-n4c(Cl)ccc4C#N)cc3)c12. The molecule has 4 aromatic rings. The van der Waals surface area contributed by atoms with Crippen LogP contribution in [0.15, 0.2) is 54.6 Å². The van der Waals surface area contributed by atoms with Crippen LogP contribution in [0.25, 0.3) is 16.7 Å². The summed E-state index contributed by atoms with van der Waals surface area (Å²) in [6.07, 6.45) is 0. The van der Waals surface area contributed by atoms with E-state index in [0.717, 1.165) is 11.3 Å². The van der Waals surface area contributed by atoms with Gasteiger partial charge in [0.25, 0.3) is 6.01 Å². The number of para-hydroxylation sites is 1. The highest BCUT2D eigenvalue weighted by atomic mass is 35.5.